The van der Waals surface area contributed by atoms with E-state index in [1.54, 1.807) is 28.2 Å². The molecule has 11 heteroatoms. The van der Waals surface area contributed by atoms with E-state index < -0.39 is 11.9 Å². The van der Waals surface area contributed by atoms with E-state index in [2.05, 4.69) is 31.0 Å². The van der Waals surface area contributed by atoms with Gasteiger partial charge in [0.2, 0.25) is 0 Å². The summed E-state index contributed by atoms with van der Waals surface area (Å²) in [6, 6.07) is 2.66. The number of aromatic amines is 2. The van der Waals surface area contributed by atoms with Gasteiger partial charge < -0.3 is 30.4 Å². The number of carbonyl (C=O) groups is 2. The van der Waals surface area contributed by atoms with Crippen molar-refractivity contribution in [2.45, 2.75) is 0 Å². The third-order valence-corrected chi connectivity index (χ3v) is 1.44. The fourth-order valence-corrected chi connectivity index (χ4v) is 0.739. The van der Waals surface area contributed by atoms with Crippen LogP contribution in [0, 0.1) is 0 Å². The first-order valence-corrected chi connectivity index (χ1v) is 5.81. The average molecular weight is 358 g/mol. The molecule has 0 aliphatic heterocycles. The molecule has 0 amide bonds. The number of nitrogens with zero attached hydrogens (tertiary/aromatic N) is 4. The Morgan fingerprint density at radius 1 is 0.870 bits per heavy atom. The second kappa shape index (κ2) is 18.0. The Labute approximate surface area is 149 Å². The van der Waals surface area contributed by atoms with Crippen molar-refractivity contribution in [1.29, 1.82) is 0 Å². The van der Waals surface area contributed by atoms with E-state index >= 15 is 0 Å². The van der Waals surface area contributed by atoms with Crippen molar-refractivity contribution in [2.24, 2.45) is 0 Å². The summed E-state index contributed by atoms with van der Waals surface area (Å²) >= 11 is 0. The zero-order valence-corrected chi connectivity index (χ0v) is 14.8. The molecule has 0 unspecified atom stereocenters. The van der Waals surface area contributed by atoms with Gasteiger partial charge in [-0.2, -0.15) is 38.4 Å². The summed E-state index contributed by atoms with van der Waals surface area (Å²) in [5, 5.41) is 38.0. The molecule has 0 bridgehead atoms. The number of carboxylic acid groups (broad SMARTS) is 2. The average Bonchev–Trinajstić information content (AvgIpc) is 3.15. The van der Waals surface area contributed by atoms with Gasteiger partial charge >= 0.3 is 21.7 Å². The van der Waals surface area contributed by atoms with Crippen LogP contribution in [-0.2, 0) is 21.7 Å². The quantitative estimate of drug-likeness (QED) is 0.639. The molecule has 23 heavy (non-hydrogen) atoms. The minimum atomic E-state index is -1.23. The zero-order valence-electron chi connectivity index (χ0n) is 13.2. The van der Waals surface area contributed by atoms with Crippen LogP contribution in [0.1, 0.15) is 21.0 Å². The maximum atomic E-state index is 9.88. The molecular weight excluding hydrogens is 340 g/mol. The first-order valence-electron chi connectivity index (χ1n) is 5.81. The van der Waals surface area contributed by atoms with E-state index in [9.17, 15) is 19.8 Å². The molecule has 2 heterocycles. The van der Waals surface area contributed by atoms with Crippen LogP contribution in [0.3, 0.4) is 0 Å². The topological polar surface area (TPSA) is 166 Å². The minimum absolute atomic E-state index is 0. The monoisotopic (exact) mass is 358 g/mol. The van der Waals surface area contributed by atoms with Crippen LogP contribution >= 0.6 is 0 Å². The maximum Gasteiger partial charge on any atom is 4.00 e. The van der Waals surface area contributed by atoms with Crippen molar-refractivity contribution in [3.63, 3.8) is 0 Å². The summed E-state index contributed by atoms with van der Waals surface area (Å²) in [5.74, 6) is -2.47. The number of hydrogen-bond acceptors (Lipinski definition) is 6. The Morgan fingerprint density at radius 2 is 1.13 bits per heavy atom. The summed E-state index contributed by atoms with van der Waals surface area (Å²) in [6.45, 7) is 0. The molecule has 0 saturated heterocycles. The molecule has 0 aliphatic carbocycles. The molecule has 10 nitrogen and oxygen atoms in total. The maximum absolute atomic E-state index is 9.88. The van der Waals surface area contributed by atoms with E-state index in [0.717, 1.165) is 0 Å². The molecule has 0 aromatic carbocycles. The summed E-state index contributed by atoms with van der Waals surface area (Å²) in [7, 11) is 7.00. The summed E-state index contributed by atoms with van der Waals surface area (Å²) in [5.41, 5.74) is 0.00926. The molecule has 2 aromatic rings. The minimum Gasteiger partial charge on any atom is -0.668 e. The molecular formula is C12H18N6O4Ti. The van der Waals surface area contributed by atoms with Crippen LogP contribution in [0.25, 0.3) is 10.6 Å². The Balaban J connectivity index is -0.000000253. The van der Waals surface area contributed by atoms with Crippen LogP contribution in [0.2, 0.25) is 0 Å². The first kappa shape index (κ1) is 25.9. The summed E-state index contributed by atoms with van der Waals surface area (Å²) < 4.78 is 0. The molecule has 0 fully saturated rings. The number of aromatic carboxylic acids is 2. The largest absolute Gasteiger partial charge is 4.00 e. The summed E-state index contributed by atoms with van der Waals surface area (Å²) in [4.78, 5) is 19.8. The van der Waals surface area contributed by atoms with E-state index in [0.29, 0.717) is 0 Å². The molecule has 0 aliphatic rings. The molecule has 0 radical (unpaired) electrons. The molecule has 2 N–H and O–H groups in total. The number of rotatable bonds is 2. The van der Waals surface area contributed by atoms with Gasteiger partial charge in [0.15, 0.2) is 0 Å². The summed E-state index contributed by atoms with van der Waals surface area (Å²) in [6.07, 6.45) is 2.70. The SMILES string of the molecule is C[N-]C.C[N-]C.O=C([O-])c1ccn[nH]1.O=C([O-])c1ccn[nH]1.[Ti+4]. The number of carboxylic acids is 2. The van der Waals surface area contributed by atoms with Crippen LogP contribution in [0.15, 0.2) is 24.5 Å². The van der Waals surface area contributed by atoms with Crippen molar-refractivity contribution in [1.82, 2.24) is 20.4 Å². The zero-order chi connectivity index (χ0) is 17.4. The molecule has 0 spiro atoms. The van der Waals surface area contributed by atoms with Gasteiger partial charge in [0.25, 0.3) is 0 Å². The molecule has 2 aromatic heterocycles. The normalized spacial score (nSPS) is 7.83. The van der Waals surface area contributed by atoms with Crippen LogP contribution in [-0.4, -0.2) is 60.5 Å². The predicted octanol–water partition coefficient (Wildman–Crippen LogP) is -1.22. The van der Waals surface area contributed by atoms with Crippen molar-refractivity contribution in [3.05, 3.63) is 46.5 Å². The number of carbonyl (C=O) groups excluding carboxylic acids is 2. The Bertz CT molecular complexity index is 443. The predicted molar refractivity (Wildman–Crippen MR) is 76.3 cm³/mol. The van der Waals surface area contributed by atoms with E-state index in [1.165, 1.54) is 24.5 Å². The van der Waals surface area contributed by atoms with Gasteiger partial charge in [-0.05, 0) is 12.1 Å². The number of aromatic nitrogens is 4. The third kappa shape index (κ3) is 16.2. The number of H-pyrrole nitrogens is 2. The van der Waals surface area contributed by atoms with Crippen molar-refractivity contribution in [3.8, 4) is 0 Å². The van der Waals surface area contributed by atoms with Gasteiger partial charge in [-0.15, -0.1) is 0 Å². The van der Waals surface area contributed by atoms with Gasteiger partial charge in [0, 0.05) is 12.4 Å². The fraction of sp³-hybridized carbons (Fsp3) is 0.333. The second-order valence-electron chi connectivity index (χ2n) is 3.41. The van der Waals surface area contributed by atoms with Crippen molar-refractivity contribution in [2.75, 3.05) is 28.2 Å². The van der Waals surface area contributed by atoms with Gasteiger partial charge in [0.05, 0.1) is 23.3 Å². The van der Waals surface area contributed by atoms with E-state index in [4.69, 9.17) is 0 Å². The van der Waals surface area contributed by atoms with Crippen LogP contribution < -0.4 is 10.2 Å². The van der Waals surface area contributed by atoms with Crippen molar-refractivity contribution >= 4 is 11.9 Å². The molecule has 0 saturated carbocycles. The van der Waals surface area contributed by atoms with Gasteiger partial charge in [-0.3, -0.25) is 10.2 Å². The fourth-order valence-electron chi connectivity index (χ4n) is 0.739. The molecule has 124 valence electrons. The third-order valence-electron chi connectivity index (χ3n) is 1.44. The standard InChI is InChI=1S/2C4H4N2O2.2C2H6N.Ti/c2*7-4(8)3-1-2-5-6-3;2*1-3-2;/h2*1-2H,(H,5,6)(H,7,8);2*1-2H3;/q;;2*-1;+4/p-2. The van der Waals surface area contributed by atoms with Crippen LogP contribution in [0.5, 0.6) is 0 Å². The first-order chi connectivity index (χ1) is 10.4. The van der Waals surface area contributed by atoms with E-state index in [-0.39, 0.29) is 33.1 Å². The number of hydrogen-bond donors (Lipinski definition) is 2. The smallest absolute Gasteiger partial charge is 0.668 e. The van der Waals surface area contributed by atoms with Gasteiger partial charge in [0.1, 0.15) is 0 Å². The number of nitrogens with one attached hydrogen (secondary N) is 2. The second-order valence-corrected chi connectivity index (χ2v) is 3.41. The van der Waals surface area contributed by atoms with Crippen LogP contribution in [0.4, 0.5) is 0 Å². The van der Waals surface area contributed by atoms with Gasteiger partial charge in [-0.25, -0.2) is 0 Å². The molecule has 0 atom stereocenters. The molecule has 2 rings (SSSR count). The Kier molecular flexibility index (Phi) is 20.3. The Hall–Kier alpha value is -2.01. The van der Waals surface area contributed by atoms with Crippen molar-refractivity contribution < 1.29 is 41.5 Å². The van der Waals surface area contributed by atoms with E-state index in [1.807, 2.05) is 0 Å². The van der Waals surface area contributed by atoms with Gasteiger partial charge in [-0.1, -0.05) is 0 Å². The Morgan fingerprint density at radius 3 is 1.22 bits per heavy atom.